The van der Waals surface area contributed by atoms with Gasteiger partial charge in [-0.15, -0.1) is 0 Å². The van der Waals surface area contributed by atoms with Crippen LogP contribution in [0.5, 0.6) is 5.75 Å². The second-order valence-corrected chi connectivity index (χ2v) is 3.84. The molecule has 4 heteroatoms. The van der Waals surface area contributed by atoms with Gasteiger partial charge in [0.15, 0.2) is 0 Å². The Kier molecular flexibility index (Phi) is 5.49. The molecule has 4 nitrogen and oxygen atoms in total. The van der Waals surface area contributed by atoms with Crippen LogP contribution >= 0.6 is 0 Å². The predicted molar refractivity (Wildman–Crippen MR) is 65.9 cm³/mol. The normalized spacial score (nSPS) is 11.9. The van der Waals surface area contributed by atoms with Crippen molar-refractivity contribution in [1.29, 1.82) is 0 Å². The van der Waals surface area contributed by atoms with Crippen molar-refractivity contribution in [2.24, 2.45) is 0 Å². The quantitative estimate of drug-likeness (QED) is 0.739. The number of carbonyl (C=O) groups excluding carboxylic acids is 1. The van der Waals surface area contributed by atoms with E-state index in [1.54, 1.807) is 14.0 Å². The lowest BCUT2D eigenvalue weighted by molar-refractivity contribution is -0.120. The van der Waals surface area contributed by atoms with Crippen molar-refractivity contribution in [3.63, 3.8) is 0 Å². The largest absolute Gasteiger partial charge is 0.493 e. The van der Waals surface area contributed by atoms with E-state index in [0.717, 1.165) is 5.56 Å². The topological polar surface area (TPSA) is 58.6 Å². The molecule has 0 radical (unpaired) electrons. The molecule has 0 saturated carbocycles. The van der Waals surface area contributed by atoms with E-state index < -0.39 is 6.10 Å². The molecule has 0 fully saturated rings. The Balaban J connectivity index is 2.44. The molecule has 94 valence electrons. The highest BCUT2D eigenvalue weighted by Crippen LogP contribution is 2.24. The molecule has 0 aliphatic heterocycles. The standard InChI is InChI=1S/C13H19NO3/c1-10(15)11-6-3-4-7-12(11)17-9-5-8-13(16)14-2/h3-4,6-7,10,15H,5,8-9H2,1-2H3,(H,14,16)/t10-/m0/s1. The van der Waals surface area contributed by atoms with Gasteiger partial charge in [0.05, 0.1) is 12.7 Å². The summed E-state index contributed by atoms with van der Waals surface area (Å²) in [6, 6.07) is 7.38. The number of aliphatic hydroxyl groups excluding tert-OH is 1. The summed E-state index contributed by atoms with van der Waals surface area (Å²) < 4.78 is 5.55. The van der Waals surface area contributed by atoms with E-state index in [1.165, 1.54) is 0 Å². The highest BCUT2D eigenvalue weighted by atomic mass is 16.5. The second kappa shape index (κ2) is 6.91. The van der Waals surface area contributed by atoms with Gasteiger partial charge >= 0.3 is 0 Å². The first-order valence-electron chi connectivity index (χ1n) is 5.75. The Hall–Kier alpha value is -1.55. The van der Waals surface area contributed by atoms with E-state index in [0.29, 0.717) is 25.2 Å². The minimum Gasteiger partial charge on any atom is -0.493 e. The van der Waals surface area contributed by atoms with Gasteiger partial charge in [0.2, 0.25) is 5.91 Å². The number of para-hydroxylation sites is 1. The average Bonchev–Trinajstić information content (AvgIpc) is 2.34. The van der Waals surface area contributed by atoms with Gasteiger partial charge in [-0.05, 0) is 19.4 Å². The smallest absolute Gasteiger partial charge is 0.219 e. The van der Waals surface area contributed by atoms with Crippen LogP contribution in [0.2, 0.25) is 0 Å². The van der Waals surface area contributed by atoms with Crippen molar-refractivity contribution in [3.8, 4) is 5.75 Å². The zero-order valence-corrected chi connectivity index (χ0v) is 10.3. The Labute approximate surface area is 102 Å². The molecule has 0 aliphatic carbocycles. The van der Waals surface area contributed by atoms with Gasteiger partial charge in [0.25, 0.3) is 0 Å². The number of benzene rings is 1. The highest BCUT2D eigenvalue weighted by molar-refractivity contribution is 5.75. The highest BCUT2D eigenvalue weighted by Gasteiger charge is 2.07. The molecule has 0 heterocycles. The van der Waals surface area contributed by atoms with Gasteiger partial charge in [-0.1, -0.05) is 18.2 Å². The molecule has 0 unspecified atom stereocenters. The van der Waals surface area contributed by atoms with E-state index >= 15 is 0 Å². The number of carbonyl (C=O) groups is 1. The first-order chi connectivity index (χ1) is 8.15. The van der Waals surface area contributed by atoms with Gasteiger partial charge in [-0.25, -0.2) is 0 Å². The molecule has 0 aromatic heterocycles. The van der Waals surface area contributed by atoms with Crippen molar-refractivity contribution in [2.75, 3.05) is 13.7 Å². The van der Waals surface area contributed by atoms with Crippen LogP contribution in [0.4, 0.5) is 0 Å². The van der Waals surface area contributed by atoms with E-state index in [4.69, 9.17) is 4.74 Å². The number of aliphatic hydroxyl groups is 1. The maximum atomic E-state index is 11.0. The lowest BCUT2D eigenvalue weighted by atomic mass is 10.1. The van der Waals surface area contributed by atoms with Crippen molar-refractivity contribution in [2.45, 2.75) is 25.9 Å². The van der Waals surface area contributed by atoms with Crippen LogP contribution in [-0.2, 0) is 4.79 Å². The maximum absolute atomic E-state index is 11.0. The van der Waals surface area contributed by atoms with Gasteiger partial charge in [-0.3, -0.25) is 4.79 Å². The van der Waals surface area contributed by atoms with Gasteiger partial charge in [0, 0.05) is 19.0 Å². The SMILES string of the molecule is CNC(=O)CCCOc1ccccc1[C@H](C)O. The molecule has 17 heavy (non-hydrogen) atoms. The summed E-state index contributed by atoms with van der Waals surface area (Å²) in [6.07, 6.45) is 0.561. The molecule has 0 saturated heterocycles. The molecule has 1 atom stereocenters. The molecule has 1 aromatic rings. The molecule has 0 aliphatic rings. The van der Waals surface area contributed by atoms with Crippen molar-refractivity contribution in [1.82, 2.24) is 5.32 Å². The summed E-state index contributed by atoms with van der Waals surface area (Å²) in [6.45, 7) is 2.17. The van der Waals surface area contributed by atoms with Crippen LogP contribution in [0.25, 0.3) is 0 Å². The first kappa shape index (κ1) is 13.5. The fourth-order valence-electron chi connectivity index (χ4n) is 1.50. The third-order valence-corrected chi connectivity index (χ3v) is 2.45. The number of nitrogens with one attached hydrogen (secondary N) is 1. The first-order valence-corrected chi connectivity index (χ1v) is 5.75. The monoisotopic (exact) mass is 237 g/mol. The Morgan fingerprint density at radius 2 is 2.18 bits per heavy atom. The maximum Gasteiger partial charge on any atom is 0.219 e. The molecule has 1 rings (SSSR count). The fourth-order valence-corrected chi connectivity index (χ4v) is 1.50. The van der Waals surface area contributed by atoms with Crippen LogP contribution < -0.4 is 10.1 Å². The van der Waals surface area contributed by atoms with Crippen LogP contribution in [0.1, 0.15) is 31.4 Å². The molecular weight excluding hydrogens is 218 g/mol. The summed E-state index contributed by atoms with van der Waals surface area (Å²) in [5.74, 6) is 0.691. The summed E-state index contributed by atoms with van der Waals surface area (Å²) >= 11 is 0. The Bertz CT molecular complexity index is 363. The van der Waals surface area contributed by atoms with Crippen molar-refractivity contribution >= 4 is 5.91 Å². The van der Waals surface area contributed by atoms with Crippen molar-refractivity contribution < 1.29 is 14.6 Å². The van der Waals surface area contributed by atoms with Crippen LogP contribution in [-0.4, -0.2) is 24.7 Å². The van der Waals surface area contributed by atoms with E-state index in [1.807, 2.05) is 24.3 Å². The second-order valence-electron chi connectivity index (χ2n) is 3.84. The fraction of sp³-hybridized carbons (Fsp3) is 0.462. The average molecular weight is 237 g/mol. The van der Waals surface area contributed by atoms with Gasteiger partial charge in [-0.2, -0.15) is 0 Å². The van der Waals surface area contributed by atoms with Gasteiger partial charge < -0.3 is 15.2 Å². The molecular formula is C13H19NO3. The zero-order valence-electron chi connectivity index (χ0n) is 10.3. The Morgan fingerprint density at radius 1 is 1.47 bits per heavy atom. The number of rotatable bonds is 6. The number of ether oxygens (including phenoxy) is 1. The van der Waals surface area contributed by atoms with E-state index in [2.05, 4.69) is 5.32 Å². The van der Waals surface area contributed by atoms with Crippen LogP contribution in [0.3, 0.4) is 0 Å². The van der Waals surface area contributed by atoms with Gasteiger partial charge in [0.1, 0.15) is 5.75 Å². The summed E-state index contributed by atoms with van der Waals surface area (Å²) in [5, 5.41) is 12.1. The lowest BCUT2D eigenvalue weighted by Gasteiger charge is -2.12. The zero-order chi connectivity index (χ0) is 12.7. The molecule has 1 amide bonds. The van der Waals surface area contributed by atoms with E-state index in [9.17, 15) is 9.90 Å². The number of hydrogen-bond acceptors (Lipinski definition) is 3. The van der Waals surface area contributed by atoms with Crippen molar-refractivity contribution in [3.05, 3.63) is 29.8 Å². The predicted octanol–water partition coefficient (Wildman–Crippen LogP) is 1.64. The summed E-state index contributed by atoms with van der Waals surface area (Å²) in [4.78, 5) is 11.0. The number of amides is 1. The minimum atomic E-state index is -0.551. The summed E-state index contributed by atoms with van der Waals surface area (Å²) in [7, 11) is 1.62. The number of hydrogen-bond donors (Lipinski definition) is 2. The van der Waals surface area contributed by atoms with Crippen LogP contribution in [0, 0.1) is 0 Å². The van der Waals surface area contributed by atoms with E-state index in [-0.39, 0.29) is 5.91 Å². The minimum absolute atomic E-state index is 0.0115. The third-order valence-electron chi connectivity index (χ3n) is 2.45. The molecule has 0 spiro atoms. The summed E-state index contributed by atoms with van der Waals surface area (Å²) in [5.41, 5.74) is 0.771. The molecule has 2 N–H and O–H groups in total. The lowest BCUT2D eigenvalue weighted by Crippen LogP contribution is -2.18. The molecule has 1 aromatic carbocycles. The third kappa shape index (κ3) is 4.44. The molecule has 0 bridgehead atoms. The van der Waals surface area contributed by atoms with Crippen LogP contribution in [0.15, 0.2) is 24.3 Å². The Morgan fingerprint density at radius 3 is 2.82 bits per heavy atom.